The van der Waals surface area contributed by atoms with Crippen LogP contribution in [0.4, 0.5) is 11.4 Å². The summed E-state index contributed by atoms with van der Waals surface area (Å²) in [6, 6.07) is 1.71. The molecule has 0 saturated carbocycles. The van der Waals surface area contributed by atoms with Gasteiger partial charge in [-0.3, -0.25) is 14.9 Å². The molecular weight excluding hydrogens is 574 g/mol. The van der Waals surface area contributed by atoms with Crippen LogP contribution in [-0.2, 0) is 14.3 Å². The molecule has 3 rings (SSSR count). The van der Waals surface area contributed by atoms with Crippen molar-refractivity contribution >= 4 is 28.3 Å². The number of hydrogen-bond donors (Lipinski definition) is 5. The predicted molar refractivity (Wildman–Crippen MR) is 163 cm³/mol. The lowest BCUT2D eigenvalue weighted by atomic mass is 9.96. The van der Waals surface area contributed by atoms with Crippen molar-refractivity contribution in [1.29, 1.82) is 0 Å². The van der Waals surface area contributed by atoms with E-state index in [1.165, 1.54) is 69.9 Å². The fourth-order valence-corrected chi connectivity index (χ4v) is 5.44. The van der Waals surface area contributed by atoms with Crippen LogP contribution in [0.1, 0.15) is 96.8 Å². The third-order valence-electron chi connectivity index (χ3n) is 8.01. The number of nitrogens with zero attached hydrogens (tertiary/aromatic N) is 3. The molecule has 0 unspecified atom stereocenters. The molecule has 0 bridgehead atoms. The van der Waals surface area contributed by atoms with Crippen molar-refractivity contribution in [3.8, 4) is 0 Å². The van der Waals surface area contributed by atoms with Crippen LogP contribution in [0.3, 0.4) is 0 Å². The van der Waals surface area contributed by atoms with Gasteiger partial charge in [0.05, 0.1) is 23.8 Å². The maximum atomic E-state index is 12.7. The van der Waals surface area contributed by atoms with E-state index in [1.807, 2.05) is 0 Å². The van der Waals surface area contributed by atoms with E-state index < -0.39 is 42.2 Å². The number of benzene rings is 1. The Hall–Kier alpha value is -2.91. The number of fused-ring (bicyclic) bond motifs is 1. The number of nitro benzene ring substituents is 1. The Morgan fingerprint density at radius 1 is 0.955 bits per heavy atom. The lowest BCUT2D eigenvalue weighted by Gasteiger charge is -2.42. The maximum absolute atomic E-state index is 12.7. The molecule has 5 atom stereocenters. The molecule has 1 amide bonds. The predicted octanol–water partition coefficient (Wildman–Crippen LogP) is 3.96. The van der Waals surface area contributed by atoms with Gasteiger partial charge in [0.15, 0.2) is 11.8 Å². The molecule has 1 aliphatic heterocycles. The molecule has 0 radical (unpaired) electrons. The number of non-ortho nitro benzene ring substituents is 1. The molecule has 1 saturated heterocycles. The molecule has 14 nitrogen and oxygen atoms in total. The number of aliphatic hydroxyl groups is 3. The topological polar surface area (TPSA) is 202 Å². The van der Waals surface area contributed by atoms with E-state index in [0.29, 0.717) is 12.1 Å². The van der Waals surface area contributed by atoms with Gasteiger partial charge >= 0.3 is 5.69 Å². The Morgan fingerprint density at radius 2 is 1.57 bits per heavy atom. The Balaban J connectivity index is 1.38. The monoisotopic (exact) mass is 623 g/mol. The highest BCUT2D eigenvalue weighted by molar-refractivity contribution is 5.93. The molecule has 14 heteroatoms. The molecule has 1 aromatic carbocycles. The fourth-order valence-electron chi connectivity index (χ4n) is 5.44. The van der Waals surface area contributed by atoms with Gasteiger partial charge in [-0.2, -0.15) is 0 Å². The Kier molecular flexibility index (Phi) is 15.7. The van der Waals surface area contributed by atoms with E-state index in [1.54, 1.807) is 0 Å². The number of anilines is 1. The molecule has 1 aliphatic rings. The van der Waals surface area contributed by atoms with Crippen molar-refractivity contribution in [3.63, 3.8) is 0 Å². The van der Waals surface area contributed by atoms with E-state index in [-0.39, 0.29) is 42.2 Å². The first-order valence-electron chi connectivity index (χ1n) is 16.0. The summed E-state index contributed by atoms with van der Waals surface area (Å²) in [4.78, 5) is 23.3. The van der Waals surface area contributed by atoms with Crippen LogP contribution in [0.25, 0.3) is 11.0 Å². The van der Waals surface area contributed by atoms with Gasteiger partial charge in [-0.1, -0.05) is 84.0 Å². The first-order valence-corrected chi connectivity index (χ1v) is 16.0. The molecule has 44 heavy (non-hydrogen) atoms. The smallest absolute Gasteiger partial charge is 0.300 e. The summed E-state index contributed by atoms with van der Waals surface area (Å²) in [5, 5.41) is 55.0. The van der Waals surface area contributed by atoms with Crippen LogP contribution in [0.2, 0.25) is 0 Å². The minimum atomic E-state index is -1.41. The number of aliphatic hydroxyl groups excluding tert-OH is 3. The van der Waals surface area contributed by atoms with Crippen LogP contribution in [0.5, 0.6) is 0 Å². The zero-order chi connectivity index (χ0) is 31.7. The summed E-state index contributed by atoms with van der Waals surface area (Å²) >= 11 is 0. The van der Waals surface area contributed by atoms with E-state index in [9.17, 15) is 30.2 Å². The maximum Gasteiger partial charge on any atom is 0.300 e. The number of amides is 1. The van der Waals surface area contributed by atoms with Gasteiger partial charge in [-0.25, -0.2) is 4.63 Å². The lowest BCUT2D eigenvalue weighted by molar-refractivity contribution is -0.383. The number of nitrogens with one attached hydrogen (secondary N) is 2. The summed E-state index contributed by atoms with van der Waals surface area (Å²) in [5.74, 6) is -0.283. The molecule has 5 N–H and O–H groups in total. The van der Waals surface area contributed by atoms with Crippen LogP contribution < -0.4 is 10.6 Å². The second kappa shape index (κ2) is 19.5. The number of aromatic nitrogens is 2. The Morgan fingerprint density at radius 3 is 2.18 bits per heavy atom. The highest BCUT2D eigenvalue weighted by atomic mass is 16.7. The number of unbranched alkanes of at least 4 members (excludes halogenated alkanes) is 12. The van der Waals surface area contributed by atoms with Crippen LogP contribution in [-0.4, -0.2) is 86.9 Å². The molecular formula is C30H49N5O9. The summed E-state index contributed by atoms with van der Waals surface area (Å²) in [7, 11) is 0. The number of nitro groups is 1. The number of rotatable bonds is 22. The summed E-state index contributed by atoms with van der Waals surface area (Å²) < 4.78 is 16.1. The van der Waals surface area contributed by atoms with Gasteiger partial charge in [0.2, 0.25) is 11.4 Å². The Labute approximate surface area is 258 Å². The number of ether oxygens (including phenoxy) is 2. The standard InChI is InChI=1S/C30H49N5O9/c1-2-3-4-5-6-7-8-9-10-11-12-13-14-15-24(37)32-27-29(39)28(38)23(20-36)43-30(27)42-19-18-31-21-16-17-22(35(40)41)26-25(21)33-44-34-26/h16-17,23,27-31,36,38-39H,2-15,18-20H2,1H3,(H,32,37)/t23-,27-,28-,29-,30+/m1/s1. The molecule has 248 valence electrons. The third-order valence-corrected chi connectivity index (χ3v) is 8.01. The molecule has 0 spiro atoms. The average molecular weight is 624 g/mol. The number of carbonyl (C=O) groups is 1. The molecule has 2 heterocycles. The lowest BCUT2D eigenvalue weighted by Crippen LogP contribution is -2.64. The summed E-state index contributed by atoms with van der Waals surface area (Å²) in [6.07, 6.45) is 10.9. The SMILES string of the molecule is CCCCCCCCCCCCCCCC(=O)N[C@H]1[C@@H](OCCNc2ccc([N+](=O)[O-])c3nonc23)O[C@H](CO)[C@@H](O)[C@@H]1O. The van der Waals surface area contributed by atoms with Crippen molar-refractivity contribution in [2.75, 3.05) is 25.1 Å². The van der Waals surface area contributed by atoms with E-state index in [4.69, 9.17) is 9.47 Å². The average Bonchev–Trinajstić information content (AvgIpc) is 3.51. The fraction of sp³-hybridized carbons (Fsp3) is 0.767. The van der Waals surface area contributed by atoms with Crippen molar-refractivity contribution in [1.82, 2.24) is 15.6 Å². The Bertz CT molecular complexity index is 1130. The third kappa shape index (κ3) is 10.9. The summed E-state index contributed by atoms with van der Waals surface area (Å²) in [6.45, 7) is 1.91. The van der Waals surface area contributed by atoms with Gasteiger partial charge in [0, 0.05) is 19.0 Å². The van der Waals surface area contributed by atoms with Crippen LogP contribution >= 0.6 is 0 Å². The van der Waals surface area contributed by atoms with Gasteiger partial charge in [-0.15, -0.1) is 0 Å². The molecule has 1 aromatic heterocycles. The first-order chi connectivity index (χ1) is 21.4. The van der Waals surface area contributed by atoms with Gasteiger partial charge in [0.25, 0.3) is 0 Å². The van der Waals surface area contributed by atoms with E-state index in [2.05, 4.69) is 32.5 Å². The zero-order valence-corrected chi connectivity index (χ0v) is 25.7. The molecule has 2 aromatic rings. The molecule has 1 fully saturated rings. The van der Waals surface area contributed by atoms with E-state index >= 15 is 0 Å². The summed E-state index contributed by atoms with van der Waals surface area (Å²) in [5.41, 5.74) is 0.390. The van der Waals surface area contributed by atoms with Crippen molar-refractivity contribution in [2.24, 2.45) is 0 Å². The zero-order valence-electron chi connectivity index (χ0n) is 25.7. The molecule has 0 aliphatic carbocycles. The quantitative estimate of drug-likeness (QED) is 0.0719. The highest BCUT2D eigenvalue weighted by Gasteiger charge is 2.45. The van der Waals surface area contributed by atoms with Crippen molar-refractivity contribution in [2.45, 2.75) is 127 Å². The minimum absolute atomic E-state index is 0.00528. The van der Waals surface area contributed by atoms with Crippen molar-refractivity contribution < 1.29 is 39.1 Å². The van der Waals surface area contributed by atoms with Crippen LogP contribution in [0, 0.1) is 10.1 Å². The second-order valence-electron chi connectivity index (χ2n) is 11.4. The largest absolute Gasteiger partial charge is 0.394 e. The highest BCUT2D eigenvalue weighted by Crippen LogP contribution is 2.29. The van der Waals surface area contributed by atoms with Gasteiger partial charge < -0.3 is 35.4 Å². The second-order valence-corrected chi connectivity index (χ2v) is 11.4. The van der Waals surface area contributed by atoms with Crippen molar-refractivity contribution in [3.05, 3.63) is 22.2 Å². The minimum Gasteiger partial charge on any atom is -0.394 e. The van der Waals surface area contributed by atoms with Gasteiger partial charge in [0.1, 0.15) is 24.4 Å². The van der Waals surface area contributed by atoms with Crippen LogP contribution in [0.15, 0.2) is 16.8 Å². The van der Waals surface area contributed by atoms with Gasteiger partial charge in [-0.05, 0) is 22.8 Å². The van der Waals surface area contributed by atoms with E-state index in [0.717, 1.165) is 19.3 Å². The normalized spacial score (nSPS) is 21.9. The number of hydrogen-bond acceptors (Lipinski definition) is 12. The number of carbonyl (C=O) groups excluding carboxylic acids is 1. The first kappa shape index (κ1) is 35.6.